The van der Waals surface area contributed by atoms with Gasteiger partial charge in [0, 0.05) is 5.56 Å². The maximum absolute atomic E-state index is 13.2. The summed E-state index contributed by atoms with van der Waals surface area (Å²) in [4.78, 5) is -2.19. The van der Waals surface area contributed by atoms with Crippen molar-refractivity contribution in [3.8, 4) is 5.75 Å². The van der Waals surface area contributed by atoms with E-state index in [4.69, 9.17) is 4.74 Å². The molecular weight excluding hydrogens is 323 g/mol. The van der Waals surface area contributed by atoms with Crippen LogP contribution in [0.2, 0.25) is 0 Å². The van der Waals surface area contributed by atoms with Gasteiger partial charge in [0.15, 0.2) is 0 Å². The topological polar surface area (TPSA) is 9.23 Å². The van der Waals surface area contributed by atoms with Gasteiger partial charge in [-0.25, -0.2) is 0 Å². The van der Waals surface area contributed by atoms with Crippen LogP contribution in [0.3, 0.4) is 0 Å². The molecule has 0 spiro atoms. The number of alkyl halides is 6. The van der Waals surface area contributed by atoms with E-state index in [0.29, 0.717) is 5.56 Å². The number of rotatable bonds is 3. The van der Waals surface area contributed by atoms with Crippen LogP contribution in [0, 0.1) is 6.92 Å². The summed E-state index contributed by atoms with van der Waals surface area (Å²) in [5, 5.41) is 0. The fourth-order valence-corrected chi connectivity index (χ4v) is 2.01. The maximum atomic E-state index is 13.2. The molecule has 1 unspecified atom stereocenters. The van der Waals surface area contributed by atoms with E-state index in [0.717, 1.165) is 0 Å². The van der Waals surface area contributed by atoms with Gasteiger partial charge in [0.25, 0.3) is 0 Å². The van der Waals surface area contributed by atoms with Gasteiger partial charge in [0.1, 0.15) is 10.6 Å². The van der Waals surface area contributed by atoms with Gasteiger partial charge in [-0.1, -0.05) is 33.6 Å². The minimum atomic E-state index is -5.63. The summed E-state index contributed by atoms with van der Waals surface area (Å²) in [6, 6.07) is 4.15. The Hall–Kier alpha value is -0.850. The summed E-state index contributed by atoms with van der Waals surface area (Å²) in [6.07, 6.45) is -5.63. The third-order valence-corrected chi connectivity index (χ3v) is 3.42. The van der Waals surface area contributed by atoms with Gasteiger partial charge in [-0.05, 0) is 13.0 Å². The third kappa shape index (κ3) is 2.76. The Morgan fingerprint density at radius 2 is 1.72 bits per heavy atom. The van der Waals surface area contributed by atoms with E-state index in [1.54, 1.807) is 13.0 Å². The van der Waals surface area contributed by atoms with E-state index in [9.17, 15) is 22.0 Å². The van der Waals surface area contributed by atoms with E-state index in [1.807, 2.05) is 0 Å². The lowest BCUT2D eigenvalue weighted by Crippen LogP contribution is -2.40. The Kier molecular flexibility index (Phi) is 4.25. The first-order valence-corrected chi connectivity index (χ1v) is 5.76. The number of aryl methyl sites for hydroxylation is 1. The number of ether oxygens (including phenoxy) is 1. The Morgan fingerprint density at radius 3 is 2.17 bits per heavy atom. The van der Waals surface area contributed by atoms with Crippen LogP contribution in [0.1, 0.15) is 16.0 Å². The molecule has 1 aromatic rings. The molecule has 0 saturated carbocycles. The molecule has 0 fully saturated rings. The third-order valence-electron chi connectivity index (χ3n) is 2.35. The molecule has 0 N–H and O–H groups in total. The average Bonchev–Trinajstić information content (AvgIpc) is 2.26. The van der Waals surface area contributed by atoms with Gasteiger partial charge in [-0.15, -0.1) is 0 Å². The lowest BCUT2D eigenvalue weighted by molar-refractivity contribution is -0.281. The first kappa shape index (κ1) is 15.2. The molecule has 0 heterocycles. The summed E-state index contributed by atoms with van der Waals surface area (Å²) in [5.74, 6) is -4.90. The highest BCUT2D eigenvalue weighted by Gasteiger charge is 2.62. The van der Waals surface area contributed by atoms with Crippen molar-refractivity contribution in [2.45, 2.75) is 23.8 Å². The second kappa shape index (κ2) is 5.03. The first-order chi connectivity index (χ1) is 8.11. The molecule has 0 aromatic heterocycles. The molecule has 0 aliphatic heterocycles. The molecule has 0 amide bonds. The van der Waals surface area contributed by atoms with E-state index < -0.39 is 16.9 Å². The van der Waals surface area contributed by atoms with E-state index in [-0.39, 0.29) is 11.3 Å². The highest BCUT2D eigenvalue weighted by atomic mass is 79.9. The number of benzene rings is 1. The molecular formula is C11H10BrF5O. The van der Waals surface area contributed by atoms with Crippen molar-refractivity contribution in [3.63, 3.8) is 0 Å². The molecule has 0 saturated heterocycles. The number of hydrogen-bond donors (Lipinski definition) is 0. The normalized spacial score (nSPS) is 14.4. The van der Waals surface area contributed by atoms with Crippen LogP contribution in [0.15, 0.2) is 18.2 Å². The summed E-state index contributed by atoms with van der Waals surface area (Å²) >= 11 is 2.42. The van der Waals surface area contributed by atoms with Crippen molar-refractivity contribution < 1.29 is 26.7 Å². The van der Waals surface area contributed by atoms with Gasteiger partial charge in [0.2, 0.25) is 0 Å². The summed E-state index contributed by atoms with van der Waals surface area (Å²) in [7, 11) is 1.21. The summed E-state index contributed by atoms with van der Waals surface area (Å²) in [5.41, 5.74) is 0.327. The highest BCUT2D eigenvalue weighted by Crippen LogP contribution is 2.50. The number of methoxy groups -OCH3 is 1. The quantitative estimate of drug-likeness (QED) is 0.579. The Bertz CT molecular complexity index is 430. The van der Waals surface area contributed by atoms with Crippen LogP contribution in [0.25, 0.3) is 0 Å². The van der Waals surface area contributed by atoms with Crippen molar-refractivity contribution in [1.82, 2.24) is 0 Å². The molecule has 1 nitrogen and oxygen atoms in total. The van der Waals surface area contributed by atoms with Crippen molar-refractivity contribution in [1.29, 1.82) is 0 Å². The Balaban J connectivity index is 3.26. The Morgan fingerprint density at radius 1 is 1.17 bits per heavy atom. The number of hydrogen-bond acceptors (Lipinski definition) is 1. The first-order valence-electron chi connectivity index (χ1n) is 4.84. The molecule has 0 radical (unpaired) electrons. The van der Waals surface area contributed by atoms with Crippen molar-refractivity contribution in [2.75, 3.05) is 7.11 Å². The average molecular weight is 333 g/mol. The van der Waals surface area contributed by atoms with Gasteiger partial charge in [0.05, 0.1) is 7.11 Å². The van der Waals surface area contributed by atoms with Crippen LogP contribution < -0.4 is 4.74 Å². The zero-order valence-electron chi connectivity index (χ0n) is 9.49. The molecule has 7 heteroatoms. The molecule has 1 atom stereocenters. The van der Waals surface area contributed by atoms with Crippen LogP contribution in [-0.4, -0.2) is 19.2 Å². The largest absolute Gasteiger partial charge is 0.496 e. The van der Waals surface area contributed by atoms with Gasteiger partial charge in [-0.2, -0.15) is 22.0 Å². The predicted molar refractivity (Wildman–Crippen MR) is 60.4 cm³/mol. The van der Waals surface area contributed by atoms with E-state index >= 15 is 0 Å². The molecule has 0 aliphatic rings. The minimum Gasteiger partial charge on any atom is -0.496 e. The molecule has 0 aliphatic carbocycles. The maximum Gasteiger partial charge on any atom is 0.454 e. The zero-order valence-corrected chi connectivity index (χ0v) is 11.1. The van der Waals surface area contributed by atoms with E-state index in [1.165, 1.54) is 19.2 Å². The van der Waals surface area contributed by atoms with Crippen molar-refractivity contribution in [3.05, 3.63) is 29.3 Å². The Labute approximate surface area is 109 Å². The molecule has 102 valence electrons. The molecule has 1 aromatic carbocycles. The highest BCUT2D eigenvalue weighted by molar-refractivity contribution is 9.09. The lowest BCUT2D eigenvalue weighted by atomic mass is 10.0. The van der Waals surface area contributed by atoms with Crippen LogP contribution >= 0.6 is 15.9 Å². The smallest absolute Gasteiger partial charge is 0.454 e. The minimum absolute atomic E-state index is 0.0219. The van der Waals surface area contributed by atoms with Crippen molar-refractivity contribution >= 4 is 15.9 Å². The SMILES string of the molecule is COc1ccc(C)cc1C(Br)C(F)(F)C(F)(F)F. The van der Waals surface area contributed by atoms with Crippen LogP contribution in [0.5, 0.6) is 5.75 Å². The number of halogens is 6. The standard InChI is InChI=1S/C11H10BrF5O/c1-6-3-4-8(18-2)7(5-6)9(12)10(13,14)11(15,16)17/h3-5,9H,1-2H3. The fraction of sp³-hybridized carbons (Fsp3) is 0.455. The lowest BCUT2D eigenvalue weighted by Gasteiger charge is -2.26. The second-order valence-electron chi connectivity index (χ2n) is 3.73. The predicted octanol–water partition coefficient (Wildman–Crippen LogP) is 4.64. The monoisotopic (exact) mass is 332 g/mol. The van der Waals surface area contributed by atoms with Crippen molar-refractivity contribution in [2.24, 2.45) is 0 Å². The van der Waals surface area contributed by atoms with Crippen LogP contribution in [0.4, 0.5) is 22.0 Å². The van der Waals surface area contributed by atoms with Gasteiger partial charge >= 0.3 is 12.1 Å². The molecule has 0 bridgehead atoms. The molecule has 18 heavy (non-hydrogen) atoms. The summed E-state index contributed by atoms with van der Waals surface area (Å²) < 4.78 is 68.1. The zero-order chi connectivity index (χ0) is 14.1. The van der Waals surface area contributed by atoms with E-state index in [2.05, 4.69) is 15.9 Å². The van der Waals surface area contributed by atoms with Crippen LogP contribution in [-0.2, 0) is 0 Å². The van der Waals surface area contributed by atoms with Gasteiger partial charge in [-0.3, -0.25) is 0 Å². The molecule has 1 rings (SSSR count). The van der Waals surface area contributed by atoms with Gasteiger partial charge < -0.3 is 4.74 Å². The fourth-order valence-electron chi connectivity index (χ4n) is 1.39. The summed E-state index contributed by atoms with van der Waals surface area (Å²) in [6.45, 7) is 1.59. The second-order valence-corrected chi connectivity index (χ2v) is 4.64.